The van der Waals surface area contributed by atoms with Crippen LogP contribution in [0.1, 0.15) is 0 Å². The van der Waals surface area contributed by atoms with E-state index >= 15 is 0 Å². The number of carboxylic acid groups (broad SMARTS) is 1. The molecule has 0 atom stereocenters. The summed E-state index contributed by atoms with van der Waals surface area (Å²) in [7, 11) is 0. The lowest BCUT2D eigenvalue weighted by Gasteiger charge is -1.97. The van der Waals surface area contributed by atoms with E-state index in [0.29, 0.717) is 5.95 Å². The molecule has 0 radical (unpaired) electrons. The van der Waals surface area contributed by atoms with Crippen LogP contribution in [0.2, 0.25) is 0 Å². The minimum absolute atomic E-state index is 0.121. The Labute approximate surface area is 132 Å². The van der Waals surface area contributed by atoms with Gasteiger partial charge in [0, 0.05) is 0 Å². The second-order valence-corrected chi connectivity index (χ2v) is 4.19. The van der Waals surface area contributed by atoms with Crippen molar-refractivity contribution in [2.45, 2.75) is 6.18 Å². The molecular weight excluding hydrogens is 333 g/mol. The molecule has 0 fully saturated rings. The number of benzene rings is 1. The minimum atomic E-state index is -5.08. The first-order valence-electron chi connectivity index (χ1n) is 6.19. The number of hydrogen-bond donors (Lipinski definition) is 5. The summed E-state index contributed by atoms with van der Waals surface area (Å²) < 4.78 is 31.7. The number of aromatic nitrogens is 2. The lowest BCUT2D eigenvalue weighted by Crippen LogP contribution is -2.25. The van der Waals surface area contributed by atoms with Crippen molar-refractivity contribution in [3.05, 3.63) is 24.3 Å². The first kappa shape index (κ1) is 18.7. The predicted octanol–water partition coefficient (Wildman–Crippen LogP) is 0.408. The summed E-state index contributed by atoms with van der Waals surface area (Å²) in [4.78, 5) is 31.0. The van der Waals surface area contributed by atoms with Crippen LogP contribution in [0.4, 0.5) is 19.1 Å². The maximum atomic E-state index is 11.4. The molecule has 1 amide bonds. The summed E-state index contributed by atoms with van der Waals surface area (Å²) in [6, 6.07) is 7.46. The van der Waals surface area contributed by atoms with Gasteiger partial charge in [0.05, 0.1) is 11.0 Å². The van der Waals surface area contributed by atoms with Crippen LogP contribution in [0.25, 0.3) is 11.0 Å². The Kier molecular flexibility index (Phi) is 6.09. The Morgan fingerprint density at radius 1 is 1.29 bits per heavy atom. The molecule has 0 saturated carbocycles. The third-order valence-corrected chi connectivity index (χ3v) is 2.29. The maximum absolute atomic E-state index is 11.4. The Hall–Kier alpha value is -3.31. The summed E-state index contributed by atoms with van der Waals surface area (Å²) in [5.41, 5.74) is 11.9. The van der Waals surface area contributed by atoms with Crippen molar-refractivity contribution in [2.75, 3.05) is 11.9 Å². The molecule has 0 saturated heterocycles. The highest BCUT2D eigenvalue weighted by Crippen LogP contribution is 2.13. The number of hydrogen-bond acceptors (Lipinski definition) is 4. The van der Waals surface area contributed by atoms with Gasteiger partial charge in [0.2, 0.25) is 11.9 Å². The number of nitrogens with two attached hydrogens (primary N) is 2. The van der Waals surface area contributed by atoms with E-state index < -0.39 is 12.1 Å². The normalized spacial score (nSPS) is 10.5. The molecular formula is C12H13F3N6O3. The molecule has 12 heteroatoms. The van der Waals surface area contributed by atoms with E-state index in [1.165, 1.54) is 0 Å². The Balaban J connectivity index is 0.000000351. The van der Waals surface area contributed by atoms with Gasteiger partial charge in [-0.05, 0) is 12.1 Å². The SMILES string of the molecule is NC(N)=NCC(=O)Nc1nc2ccccc2[nH]1.O=C(O)C(F)(F)F. The molecule has 7 N–H and O–H groups in total. The molecule has 0 spiro atoms. The molecule has 2 aromatic rings. The fourth-order valence-electron chi connectivity index (χ4n) is 1.35. The Morgan fingerprint density at radius 3 is 2.38 bits per heavy atom. The van der Waals surface area contributed by atoms with Crippen molar-refractivity contribution >= 4 is 34.8 Å². The molecule has 9 nitrogen and oxygen atoms in total. The minimum Gasteiger partial charge on any atom is -0.475 e. The van der Waals surface area contributed by atoms with Gasteiger partial charge in [-0.3, -0.25) is 10.1 Å². The van der Waals surface area contributed by atoms with E-state index in [1.54, 1.807) is 0 Å². The van der Waals surface area contributed by atoms with E-state index in [9.17, 15) is 18.0 Å². The van der Waals surface area contributed by atoms with Crippen molar-refractivity contribution in [1.82, 2.24) is 9.97 Å². The molecule has 2 rings (SSSR count). The van der Waals surface area contributed by atoms with Gasteiger partial charge in [-0.25, -0.2) is 14.8 Å². The number of aromatic amines is 1. The molecule has 0 aliphatic rings. The van der Waals surface area contributed by atoms with Crippen molar-refractivity contribution in [2.24, 2.45) is 16.5 Å². The van der Waals surface area contributed by atoms with Crippen LogP contribution in [0, 0.1) is 0 Å². The number of para-hydroxylation sites is 2. The number of amides is 1. The third-order valence-electron chi connectivity index (χ3n) is 2.29. The van der Waals surface area contributed by atoms with Crippen LogP contribution in [0.5, 0.6) is 0 Å². The van der Waals surface area contributed by atoms with Crippen LogP contribution in [-0.4, -0.2) is 45.6 Å². The van der Waals surface area contributed by atoms with Gasteiger partial charge in [0.1, 0.15) is 6.54 Å². The van der Waals surface area contributed by atoms with Gasteiger partial charge in [-0.2, -0.15) is 13.2 Å². The molecule has 0 bridgehead atoms. The van der Waals surface area contributed by atoms with Crippen LogP contribution in [0.3, 0.4) is 0 Å². The molecule has 0 aliphatic heterocycles. The van der Waals surface area contributed by atoms with Crippen molar-refractivity contribution < 1.29 is 27.9 Å². The number of carbonyl (C=O) groups is 2. The summed E-state index contributed by atoms with van der Waals surface area (Å²) in [5.74, 6) is -2.84. The second-order valence-electron chi connectivity index (χ2n) is 4.19. The molecule has 130 valence electrons. The van der Waals surface area contributed by atoms with E-state index in [4.69, 9.17) is 21.4 Å². The highest BCUT2D eigenvalue weighted by Gasteiger charge is 2.38. The molecule has 0 aliphatic carbocycles. The molecule has 1 aromatic heterocycles. The zero-order valence-corrected chi connectivity index (χ0v) is 12.0. The van der Waals surface area contributed by atoms with Gasteiger partial charge in [0.15, 0.2) is 5.96 Å². The van der Waals surface area contributed by atoms with Crippen LogP contribution in [-0.2, 0) is 9.59 Å². The number of rotatable bonds is 3. The highest BCUT2D eigenvalue weighted by atomic mass is 19.4. The summed E-state index contributed by atoms with van der Waals surface area (Å²) in [5, 5.41) is 9.69. The number of nitrogens with one attached hydrogen (secondary N) is 2. The number of aliphatic carboxylic acids is 1. The number of alkyl halides is 3. The molecule has 0 unspecified atom stereocenters. The van der Waals surface area contributed by atoms with E-state index in [2.05, 4.69) is 20.3 Å². The average molecular weight is 346 g/mol. The zero-order chi connectivity index (χ0) is 18.3. The zero-order valence-electron chi connectivity index (χ0n) is 12.0. The number of halogens is 3. The van der Waals surface area contributed by atoms with Crippen LogP contribution in [0.15, 0.2) is 29.3 Å². The summed E-state index contributed by atoms with van der Waals surface area (Å²) in [6.07, 6.45) is -5.08. The summed E-state index contributed by atoms with van der Waals surface area (Å²) in [6.45, 7) is -0.126. The second kappa shape index (κ2) is 7.80. The quantitative estimate of drug-likeness (QED) is 0.400. The summed E-state index contributed by atoms with van der Waals surface area (Å²) >= 11 is 0. The lowest BCUT2D eigenvalue weighted by atomic mass is 10.3. The number of anilines is 1. The number of imidazole rings is 1. The molecule has 24 heavy (non-hydrogen) atoms. The van der Waals surface area contributed by atoms with E-state index in [-0.39, 0.29) is 18.4 Å². The molecule has 1 aromatic carbocycles. The smallest absolute Gasteiger partial charge is 0.475 e. The number of guanidine groups is 1. The number of H-pyrrole nitrogens is 1. The monoisotopic (exact) mass is 346 g/mol. The van der Waals surface area contributed by atoms with Gasteiger partial charge < -0.3 is 21.6 Å². The van der Waals surface area contributed by atoms with Gasteiger partial charge in [0.25, 0.3) is 0 Å². The lowest BCUT2D eigenvalue weighted by molar-refractivity contribution is -0.192. The highest BCUT2D eigenvalue weighted by molar-refractivity contribution is 5.93. The van der Waals surface area contributed by atoms with E-state index in [1.807, 2.05) is 24.3 Å². The predicted molar refractivity (Wildman–Crippen MR) is 79.1 cm³/mol. The fraction of sp³-hybridized carbons (Fsp3) is 0.167. The molecule has 1 heterocycles. The van der Waals surface area contributed by atoms with E-state index in [0.717, 1.165) is 11.0 Å². The van der Waals surface area contributed by atoms with Gasteiger partial charge in [-0.1, -0.05) is 12.1 Å². The largest absolute Gasteiger partial charge is 0.490 e. The van der Waals surface area contributed by atoms with Crippen LogP contribution < -0.4 is 16.8 Å². The van der Waals surface area contributed by atoms with Crippen molar-refractivity contribution in [3.63, 3.8) is 0 Å². The number of aliphatic imine (C=N–C) groups is 1. The number of carbonyl (C=O) groups excluding carboxylic acids is 1. The van der Waals surface area contributed by atoms with Crippen LogP contribution >= 0.6 is 0 Å². The standard InChI is InChI=1S/C10H12N6O.C2HF3O2/c11-9(12)13-5-8(17)16-10-14-6-3-1-2-4-7(6)15-10;3-2(4,5)1(6)7/h1-4H,5H2,(H4,11,12,13)(H2,14,15,16,17);(H,6,7). The number of carboxylic acids is 1. The fourth-order valence-corrected chi connectivity index (χ4v) is 1.35. The number of fused-ring (bicyclic) bond motifs is 1. The van der Waals surface area contributed by atoms with Gasteiger partial charge >= 0.3 is 12.1 Å². The first-order chi connectivity index (χ1) is 11.1. The van der Waals surface area contributed by atoms with Gasteiger partial charge in [-0.15, -0.1) is 0 Å². The number of nitrogens with zero attached hydrogens (tertiary/aromatic N) is 2. The Morgan fingerprint density at radius 2 is 1.88 bits per heavy atom. The Bertz CT molecular complexity index is 719. The van der Waals surface area contributed by atoms with Crippen molar-refractivity contribution in [1.29, 1.82) is 0 Å². The third kappa shape index (κ3) is 6.21. The first-order valence-corrected chi connectivity index (χ1v) is 6.19. The topological polar surface area (TPSA) is 159 Å². The maximum Gasteiger partial charge on any atom is 0.490 e. The average Bonchev–Trinajstić information content (AvgIpc) is 2.86. The van der Waals surface area contributed by atoms with Crippen molar-refractivity contribution in [3.8, 4) is 0 Å².